The summed E-state index contributed by atoms with van der Waals surface area (Å²) >= 11 is 3.44. The topological polar surface area (TPSA) is 32.3 Å². The standard InChI is InChI=1S/C13H17BrN2O.ClH/c1-15-9-10-5-4-8-16(10)13(17)11-6-2-3-7-12(11)14;/h2-3,6-7,10,15H,4-5,8-9H2,1H3;1H. The molecule has 1 aromatic carbocycles. The molecule has 1 aliphatic heterocycles. The van der Waals surface area contributed by atoms with Crippen LogP contribution in [-0.2, 0) is 0 Å². The Bertz CT molecular complexity index is 414. The fourth-order valence-corrected chi connectivity index (χ4v) is 2.79. The zero-order chi connectivity index (χ0) is 12.3. The lowest BCUT2D eigenvalue weighted by atomic mass is 10.1. The number of rotatable bonds is 3. The van der Waals surface area contributed by atoms with Crippen molar-refractivity contribution in [2.75, 3.05) is 20.1 Å². The van der Waals surface area contributed by atoms with Crippen LogP contribution in [0.3, 0.4) is 0 Å². The molecule has 1 saturated heterocycles. The van der Waals surface area contributed by atoms with E-state index < -0.39 is 0 Å². The lowest BCUT2D eigenvalue weighted by Crippen LogP contribution is -2.40. The van der Waals surface area contributed by atoms with Gasteiger partial charge in [0.1, 0.15) is 0 Å². The summed E-state index contributed by atoms with van der Waals surface area (Å²) in [5.41, 5.74) is 0.760. The Morgan fingerprint density at radius 2 is 2.22 bits per heavy atom. The summed E-state index contributed by atoms with van der Waals surface area (Å²) in [7, 11) is 1.93. The van der Waals surface area contributed by atoms with Gasteiger partial charge in [0.15, 0.2) is 0 Å². The van der Waals surface area contributed by atoms with Crippen molar-refractivity contribution in [2.45, 2.75) is 18.9 Å². The van der Waals surface area contributed by atoms with Gasteiger partial charge in [0.2, 0.25) is 0 Å². The number of nitrogens with zero attached hydrogens (tertiary/aromatic N) is 1. The predicted molar refractivity (Wildman–Crippen MR) is 79.4 cm³/mol. The third-order valence-electron chi connectivity index (χ3n) is 3.18. The Kier molecular flexibility index (Phi) is 6.12. The number of halogens is 2. The minimum absolute atomic E-state index is 0. The van der Waals surface area contributed by atoms with Crippen molar-refractivity contribution in [1.29, 1.82) is 0 Å². The number of likely N-dealkylation sites (tertiary alicyclic amines) is 1. The number of hydrogen-bond acceptors (Lipinski definition) is 2. The highest BCUT2D eigenvalue weighted by Crippen LogP contribution is 2.23. The summed E-state index contributed by atoms with van der Waals surface area (Å²) in [5.74, 6) is 0.134. The van der Waals surface area contributed by atoms with E-state index in [2.05, 4.69) is 21.2 Å². The third-order valence-corrected chi connectivity index (χ3v) is 3.87. The van der Waals surface area contributed by atoms with Gasteiger partial charge in [0, 0.05) is 23.6 Å². The van der Waals surface area contributed by atoms with Crippen molar-refractivity contribution in [3.8, 4) is 0 Å². The van der Waals surface area contributed by atoms with Crippen LogP contribution in [0.5, 0.6) is 0 Å². The van der Waals surface area contributed by atoms with Crippen molar-refractivity contribution >= 4 is 34.2 Å². The van der Waals surface area contributed by atoms with E-state index in [0.717, 1.165) is 36.0 Å². The summed E-state index contributed by atoms with van der Waals surface area (Å²) in [6.45, 7) is 1.74. The molecule has 1 heterocycles. The summed E-state index contributed by atoms with van der Waals surface area (Å²) < 4.78 is 0.875. The minimum Gasteiger partial charge on any atom is -0.334 e. The molecule has 2 rings (SSSR count). The van der Waals surface area contributed by atoms with Gasteiger partial charge in [-0.05, 0) is 48.0 Å². The van der Waals surface area contributed by atoms with Gasteiger partial charge in [-0.1, -0.05) is 12.1 Å². The summed E-state index contributed by atoms with van der Waals surface area (Å²) in [6, 6.07) is 7.95. The summed E-state index contributed by atoms with van der Waals surface area (Å²) in [4.78, 5) is 14.4. The van der Waals surface area contributed by atoms with Gasteiger partial charge in [0.25, 0.3) is 5.91 Å². The highest BCUT2D eigenvalue weighted by molar-refractivity contribution is 9.10. The van der Waals surface area contributed by atoms with Crippen molar-refractivity contribution in [3.05, 3.63) is 34.3 Å². The molecule has 0 saturated carbocycles. The van der Waals surface area contributed by atoms with Crippen molar-refractivity contribution < 1.29 is 4.79 Å². The predicted octanol–water partition coefficient (Wildman–Crippen LogP) is 2.69. The average Bonchev–Trinajstić information content (AvgIpc) is 2.78. The van der Waals surface area contributed by atoms with Gasteiger partial charge >= 0.3 is 0 Å². The minimum atomic E-state index is 0. The van der Waals surface area contributed by atoms with Crippen LogP contribution < -0.4 is 5.32 Å². The fourth-order valence-electron chi connectivity index (χ4n) is 2.34. The van der Waals surface area contributed by atoms with Gasteiger partial charge in [-0.3, -0.25) is 4.79 Å². The molecule has 1 amide bonds. The molecular formula is C13H18BrClN2O. The average molecular weight is 334 g/mol. The van der Waals surface area contributed by atoms with Gasteiger partial charge in [-0.2, -0.15) is 0 Å². The highest BCUT2D eigenvalue weighted by Gasteiger charge is 2.29. The Balaban J connectivity index is 0.00000162. The largest absolute Gasteiger partial charge is 0.334 e. The zero-order valence-corrected chi connectivity index (χ0v) is 12.8. The molecule has 100 valence electrons. The number of nitrogens with one attached hydrogen (secondary N) is 1. The molecule has 18 heavy (non-hydrogen) atoms. The molecule has 0 spiro atoms. The second-order valence-electron chi connectivity index (χ2n) is 4.33. The van der Waals surface area contributed by atoms with Crippen LogP contribution in [0.2, 0.25) is 0 Å². The van der Waals surface area contributed by atoms with Gasteiger partial charge in [-0.15, -0.1) is 12.4 Å². The molecule has 1 N–H and O–H groups in total. The lowest BCUT2D eigenvalue weighted by molar-refractivity contribution is 0.0736. The van der Waals surface area contributed by atoms with Crippen molar-refractivity contribution in [3.63, 3.8) is 0 Å². The molecule has 3 nitrogen and oxygen atoms in total. The van der Waals surface area contributed by atoms with Crippen LogP contribution in [0.25, 0.3) is 0 Å². The van der Waals surface area contributed by atoms with E-state index in [-0.39, 0.29) is 18.3 Å². The van der Waals surface area contributed by atoms with Crippen LogP contribution in [0, 0.1) is 0 Å². The fraction of sp³-hybridized carbons (Fsp3) is 0.462. The van der Waals surface area contributed by atoms with E-state index in [1.165, 1.54) is 0 Å². The third kappa shape index (κ3) is 3.25. The van der Waals surface area contributed by atoms with E-state index in [4.69, 9.17) is 0 Å². The summed E-state index contributed by atoms with van der Waals surface area (Å²) in [5, 5.41) is 3.15. The smallest absolute Gasteiger partial charge is 0.255 e. The number of carbonyl (C=O) groups excluding carboxylic acids is 1. The molecule has 0 aliphatic carbocycles. The van der Waals surface area contributed by atoms with Crippen molar-refractivity contribution in [1.82, 2.24) is 10.2 Å². The maximum atomic E-state index is 12.4. The molecule has 0 radical (unpaired) electrons. The van der Waals surface area contributed by atoms with Crippen LogP contribution in [0.4, 0.5) is 0 Å². The SMILES string of the molecule is CNCC1CCCN1C(=O)c1ccccc1Br.Cl. The highest BCUT2D eigenvalue weighted by atomic mass is 79.9. The first-order valence-electron chi connectivity index (χ1n) is 5.94. The zero-order valence-electron chi connectivity index (χ0n) is 10.4. The first-order valence-corrected chi connectivity index (χ1v) is 6.73. The second-order valence-corrected chi connectivity index (χ2v) is 5.19. The Hall–Kier alpha value is -0.580. The number of benzene rings is 1. The van der Waals surface area contributed by atoms with Crippen LogP contribution in [-0.4, -0.2) is 37.0 Å². The molecule has 1 fully saturated rings. The van der Waals surface area contributed by atoms with Crippen LogP contribution >= 0.6 is 28.3 Å². The molecule has 1 unspecified atom stereocenters. The maximum absolute atomic E-state index is 12.4. The van der Waals surface area contributed by atoms with Gasteiger partial charge < -0.3 is 10.2 Å². The summed E-state index contributed by atoms with van der Waals surface area (Å²) in [6.07, 6.45) is 2.19. The maximum Gasteiger partial charge on any atom is 0.255 e. The van der Waals surface area contributed by atoms with Crippen LogP contribution in [0.15, 0.2) is 28.7 Å². The molecule has 1 aliphatic rings. The molecule has 1 aromatic rings. The van der Waals surface area contributed by atoms with E-state index in [1.54, 1.807) is 0 Å². The number of amides is 1. The van der Waals surface area contributed by atoms with Gasteiger partial charge in [-0.25, -0.2) is 0 Å². The normalized spacial score (nSPS) is 18.6. The molecular weight excluding hydrogens is 316 g/mol. The van der Waals surface area contributed by atoms with E-state index in [1.807, 2.05) is 36.2 Å². The van der Waals surface area contributed by atoms with E-state index >= 15 is 0 Å². The quantitative estimate of drug-likeness (QED) is 0.922. The first kappa shape index (κ1) is 15.5. The Morgan fingerprint density at radius 3 is 2.89 bits per heavy atom. The Labute approximate surface area is 122 Å². The lowest BCUT2D eigenvalue weighted by Gasteiger charge is -2.25. The molecule has 1 atom stereocenters. The number of carbonyl (C=O) groups is 1. The number of likely N-dealkylation sites (N-methyl/N-ethyl adjacent to an activating group) is 1. The van der Waals surface area contributed by atoms with Crippen LogP contribution in [0.1, 0.15) is 23.2 Å². The number of hydrogen-bond donors (Lipinski definition) is 1. The molecule has 0 bridgehead atoms. The van der Waals surface area contributed by atoms with Gasteiger partial charge in [0.05, 0.1) is 5.56 Å². The molecule has 5 heteroatoms. The molecule has 0 aromatic heterocycles. The van der Waals surface area contributed by atoms with E-state index in [9.17, 15) is 4.79 Å². The van der Waals surface area contributed by atoms with Crippen molar-refractivity contribution in [2.24, 2.45) is 0 Å². The second kappa shape index (κ2) is 7.12. The monoisotopic (exact) mass is 332 g/mol. The Morgan fingerprint density at radius 1 is 1.50 bits per heavy atom. The first-order chi connectivity index (χ1) is 8.24. The van der Waals surface area contributed by atoms with E-state index in [0.29, 0.717) is 6.04 Å².